The Morgan fingerprint density at radius 3 is 2.97 bits per heavy atom. The zero-order valence-electron chi connectivity index (χ0n) is 17.2. The largest absolute Gasteiger partial charge is 0.382 e. The van der Waals surface area contributed by atoms with Crippen LogP contribution in [0.25, 0.3) is 16.8 Å². The monoisotopic (exact) mass is 416 g/mol. The average molecular weight is 416 g/mol. The van der Waals surface area contributed by atoms with Gasteiger partial charge >= 0.3 is 0 Å². The normalized spacial score (nSPS) is 13.1. The summed E-state index contributed by atoms with van der Waals surface area (Å²) in [5.74, 6) is 0.145. The lowest BCUT2D eigenvalue weighted by Crippen LogP contribution is -2.31. The fourth-order valence-corrected chi connectivity index (χ4v) is 3.53. The Kier molecular flexibility index (Phi) is 5.81. The first-order chi connectivity index (χ1) is 15.0. The summed E-state index contributed by atoms with van der Waals surface area (Å²) in [6.07, 6.45) is 5.88. The number of nitrogens with zero attached hydrogens (tertiary/aromatic N) is 2. The summed E-state index contributed by atoms with van der Waals surface area (Å²) in [7, 11) is 1.82. The Balaban J connectivity index is 1.58. The lowest BCUT2D eigenvalue weighted by Gasteiger charge is -2.17. The molecule has 0 unspecified atom stereocenters. The summed E-state index contributed by atoms with van der Waals surface area (Å²) in [5, 5.41) is 13.1. The smallest absolute Gasteiger partial charge is 0.251 e. The Hall–Kier alpha value is -3.91. The molecule has 0 radical (unpaired) electrons. The molecule has 1 aliphatic heterocycles. The third-order valence-electron chi connectivity index (χ3n) is 5.05. The van der Waals surface area contributed by atoms with Gasteiger partial charge in [0.15, 0.2) is 5.82 Å². The number of carbonyl (C=O) groups is 2. The van der Waals surface area contributed by atoms with E-state index < -0.39 is 0 Å². The van der Waals surface area contributed by atoms with E-state index in [0.717, 1.165) is 28.8 Å². The molecule has 0 fully saturated rings. The van der Waals surface area contributed by atoms with E-state index in [-0.39, 0.29) is 11.8 Å². The van der Waals surface area contributed by atoms with E-state index in [9.17, 15) is 9.59 Å². The summed E-state index contributed by atoms with van der Waals surface area (Å²) in [5.41, 5.74) is 11.0. The van der Waals surface area contributed by atoms with Gasteiger partial charge in [-0.1, -0.05) is 24.3 Å². The van der Waals surface area contributed by atoms with Crippen molar-refractivity contribution < 1.29 is 9.59 Å². The first-order valence-corrected chi connectivity index (χ1v) is 10.0. The number of likely N-dealkylation sites (N-methyl/N-ethyl adjacent to an activating group) is 1. The maximum atomic E-state index is 12.0. The molecule has 31 heavy (non-hydrogen) atoms. The Bertz CT molecular complexity index is 1160. The van der Waals surface area contributed by atoms with Crippen molar-refractivity contribution >= 4 is 23.3 Å². The fraction of sp³-hybridized carbons (Fsp3) is 0.174. The minimum Gasteiger partial charge on any atom is -0.382 e. The van der Waals surface area contributed by atoms with Crippen molar-refractivity contribution in [3.05, 3.63) is 71.9 Å². The highest BCUT2D eigenvalue weighted by atomic mass is 16.2. The maximum Gasteiger partial charge on any atom is 0.251 e. The molecule has 0 spiro atoms. The first-order valence-electron chi connectivity index (χ1n) is 10.0. The SMILES string of the molecule is CNC/C=C/C(=O)Nc1cccc(-n2cc(-c3ccc4c(c3)CCNC4=O)c(N)n2)c1. The highest BCUT2D eigenvalue weighted by molar-refractivity contribution is 5.99. The zero-order chi connectivity index (χ0) is 21.8. The van der Waals surface area contributed by atoms with Crippen LogP contribution >= 0.6 is 0 Å². The number of nitrogen functional groups attached to an aromatic ring is 1. The Labute approximate surface area is 180 Å². The van der Waals surface area contributed by atoms with Crippen molar-refractivity contribution in [2.24, 2.45) is 0 Å². The molecule has 8 nitrogen and oxygen atoms in total. The number of fused-ring (bicyclic) bond motifs is 1. The van der Waals surface area contributed by atoms with Crippen LogP contribution in [-0.2, 0) is 11.2 Å². The summed E-state index contributed by atoms with van der Waals surface area (Å²) >= 11 is 0. The van der Waals surface area contributed by atoms with Gasteiger partial charge in [-0.25, -0.2) is 4.68 Å². The maximum absolute atomic E-state index is 12.0. The summed E-state index contributed by atoms with van der Waals surface area (Å²) in [6, 6.07) is 13.1. The van der Waals surface area contributed by atoms with Crippen molar-refractivity contribution in [3.63, 3.8) is 0 Å². The van der Waals surface area contributed by atoms with E-state index in [4.69, 9.17) is 5.73 Å². The minimum atomic E-state index is -0.203. The van der Waals surface area contributed by atoms with E-state index in [1.807, 2.05) is 55.7 Å². The third-order valence-corrected chi connectivity index (χ3v) is 5.05. The predicted octanol–water partition coefficient (Wildman–Crippen LogP) is 2.12. The van der Waals surface area contributed by atoms with Crippen LogP contribution < -0.4 is 21.7 Å². The molecule has 4 rings (SSSR count). The minimum absolute atomic E-state index is 0.0452. The van der Waals surface area contributed by atoms with Gasteiger partial charge in [-0.3, -0.25) is 9.59 Å². The second-order valence-electron chi connectivity index (χ2n) is 7.25. The number of rotatable bonds is 6. The molecule has 2 heterocycles. The number of benzene rings is 2. The lowest BCUT2D eigenvalue weighted by molar-refractivity contribution is -0.111. The van der Waals surface area contributed by atoms with Crippen LogP contribution in [0.1, 0.15) is 15.9 Å². The van der Waals surface area contributed by atoms with Gasteiger partial charge in [0.25, 0.3) is 5.91 Å². The molecule has 5 N–H and O–H groups in total. The second kappa shape index (κ2) is 8.85. The number of aromatic nitrogens is 2. The number of nitrogens with one attached hydrogen (secondary N) is 3. The molecule has 1 aromatic heterocycles. The zero-order valence-corrected chi connectivity index (χ0v) is 17.2. The fourth-order valence-electron chi connectivity index (χ4n) is 3.53. The number of carbonyl (C=O) groups excluding carboxylic acids is 2. The van der Waals surface area contributed by atoms with Crippen LogP contribution in [0.15, 0.2) is 60.8 Å². The third kappa shape index (κ3) is 4.49. The van der Waals surface area contributed by atoms with Crippen molar-refractivity contribution in [3.8, 4) is 16.8 Å². The van der Waals surface area contributed by atoms with Gasteiger partial charge in [-0.05, 0) is 48.9 Å². The van der Waals surface area contributed by atoms with Crippen molar-refractivity contribution in [2.75, 3.05) is 31.2 Å². The molecular weight excluding hydrogens is 392 g/mol. The molecule has 2 aromatic carbocycles. The van der Waals surface area contributed by atoms with Gasteiger partial charge in [0.1, 0.15) is 0 Å². The Morgan fingerprint density at radius 2 is 2.13 bits per heavy atom. The van der Waals surface area contributed by atoms with Crippen molar-refractivity contribution in [1.29, 1.82) is 0 Å². The highest BCUT2D eigenvalue weighted by Crippen LogP contribution is 2.29. The number of anilines is 2. The van der Waals surface area contributed by atoms with Crippen LogP contribution in [0.3, 0.4) is 0 Å². The van der Waals surface area contributed by atoms with Crippen LogP contribution in [0, 0.1) is 0 Å². The van der Waals surface area contributed by atoms with Crippen LogP contribution in [-0.4, -0.2) is 41.7 Å². The van der Waals surface area contributed by atoms with Crippen LogP contribution in [0.5, 0.6) is 0 Å². The summed E-state index contributed by atoms with van der Waals surface area (Å²) < 4.78 is 1.68. The van der Waals surface area contributed by atoms with E-state index in [0.29, 0.717) is 30.2 Å². The highest BCUT2D eigenvalue weighted by Gasteiger charge is 2.18. The number of nitrogens with two attached hydrogens (primary N) is 1. The van der Waals surface area contributed by atoms with Crippen LogP contribution in [0.2, 0.25) is 0 Å². The quantitative estimate of drug-likeness (QED) is 0.460. The van der Waals surface area contributed by atoms with Crippen molar-refractivity contribution in [2.45, 2.75) is 6.42 Å². The van der Waals surface area contributed by atoms with Gasteiger partial charge in [0, 0.05) is 42.2 Å². The van der Waals surface area contributed by atoms with Crippen molar-refractivity contribution in [1.82, 2.24) is 20.4 Å². The van der Waals surface area contributed by atoms with Gasteiger partial charge in [-0.2, -0.15) is 5.10 Å². The first kappa shape index (κ1) is 20.4. The molecule has 0 saturated carbocycles. The molecule has 8 heteroatoms. The number of hydrogen-bond donors (Lipinski definition) is 4. The van der Waals surface area contributed by atoms with E-state index in [1.54, 1.807) is 10.8 Å². The topological polar surface area (TPSA) is 114 Å². The number of hydrogen-bond acceptors (Lipinski definition) is 5. The van der Waals surface area contributed by atoms with E-state index in [1.165, 1.54) is 6.08 Å². The lowest BCUT2D eigenvalue weighted by atomic mass is 9.96. The molecule has 0 aliphatic carbocycles. The molecule has 3 aromatic rings. The van der Waals surface area contributed by atoms with Gasteiger partial charge < -0.3 is 21.7 Å². The molecular formula is C23H24N6O2. The second-order valence-corrected chi connectivity index (χ2v) is 7.25. The molecule has 0 saturated heterocycles. The van der Waals surface area contributed by atoms with Crippen LogP contribution in [0.4, 0.5) is 11.5 Å². The number of amides is 2. The average Bonchev–Trinajstić information content (AvgIpc) is 3.16. The van der Waals surface area contributed by atoms with E-state index in [2.05, 4.69) is 21.0 Å². The molecule has 0 bridgehead atoms. The standard InChI is InChI=1S/C23H24N6O2/c1-25-10-3-6-21(30)27-17-4-2-5-18(13-17)29-14-20(22(24)28-29)15-7-8-19-16(12-15)9-11-26-23(19)31/h2-8,12-14,25H,9-11H2,1H3,(H2,24,28)(H,26,31)(H,27,30)/b6-3+. The van der Waals surface area contributed by atoms with Gasteiger partial charge in [-0.15, -0.1) is 0 Å². The van der Waals surface area contributed by atoms with E-state index >= 15 is 0 Å². The van der Waals surface area contributed by atoms with Gasteiger partial charge in [0.05, 0.1) is 5.69 Å². The summed E-state index contributed by atoms with van der Waals surface area (Å²) in [6.45, 7) is 1.25. The molecule has 158 valence electrons. The Morgan fingerprint density at radius 1 is 1.26 bits per heavy atom. The molecule has 2 amide bonds. The molecule has 1 aliphatic rings. The van der Waals surface area contributed by atoms with Gasteiger partial charge in [0.2, 0.25) is 5.91 Å². The predicted molar refractivity (Wildman–Crippen MR) is 121 cm³/mol. The summed E-state index contributed by atoms with van der Waals surface area (Å²) in [4.78, 5) is 24.0. The molecule has 0 atom stereocenters.